The van der Waals surface area contributed by atoms with Crippen molar-refractivity contribution in [2.24, 2.45) is 0 Å². The fourth-order valence-corrected chi connectivity index (χ4v) is 1.32. The molecule has 1 rings (SSSR count). The maximum Gasteiger partial charge on any atom is 0.328 e. The minimum atomic E-state index is -1.31. The summed E-state index contributed by atoms with van der Waals surface area (Å²) in [5.74, 6) is -1.94. The maximum absolute atomic E-state index is 11.5. The van der Waals surface area contributed by atoms with E-state index in [9.17, 15) is 14.4 Å². The highest BCUT2D eigenvalue weighted by molar-refractivity contribution is 6.06. The van der Waals surface area contributed by atoms with E-state index in [1.807, 2.05) is 11.4 Å². The molecule has 0 aliphatic carbocycles. The molecule has 0 unspecified atom stereocenters. The number of ether oxygens (including phenoxy) is 1. The van der Waals surface area contributed by atoms with Crippen molar-refractivity contribution in [1.29, 1.82) is 5.26 Å². The minimum absolute atomic E-state index is 0.248. The van der Waals surface area contributed by atoms with E-state index in [-0.39, 0.29) is 11.4 Å². The summed E-state index contributed by atoms with van der Waals surface area (Å²) in [6.45, 7) is 0. The van der Waals surface area contributed by atoms with Crippen LogP contribution in [0.5, 0.6) is 5.75 Å². The Balaban J connectivity index is 2.73. The van der Waals surface area contributed by atoms with E-state index in [2.05, 4.69) is 5.32 Å². The number of hydrogen-bond donors (Lipinski definition) is 3. The first kappa shape index (κ1) is 15.7. The molecule has 0 spiro atoms. The summed E-state index contributed by atoms with van der Waals surface area (Å²) in [5, 5.41) is 21.3. The molecule has 0 radical (unpaired) electrons. The Morgan fingerprint density at radius 3 is 2.62 bits per heavy atom. The molecule has 0 saturated carbocycles. The van der Waals surface area contributed by atoms with E-state index >= 15 is 0 Å². The van der Waals surface area contributed by atoms with E-state index in [1.54, 1.807) is 0 Å². The number of carbonyl (C=O) groups is 3. The van der Waals surface area contributed by atoms with E-state index in [0.717, 1.165) is 0 Å². The third-order valence-corrected chi connectivity index (χ3v) is 2.19. The smallest absolute Gasteiger partial charge is 0.328 e. The van der Waals surface area contributed by atoms with Gasteiger partial charge in [0.1, 0.15) is 5.75 Å². The van der Waals surface area contributed by atoms with Gasteiger partial charge in [-0.3, -0.25) is 10.1 Å². The van der Waals surface area contributed by atoms with Gasteiger partial charge in [-0.15, -0.1) is 0 Å². The number of benzene rings is 1. The predicted molar refractivity (Wildman–Crippen MR) is 71.6 cm³/mol. The third-order valence-electron chi connectivity index (χ3n) is 2.19. The largest absolute Gasteiger partial charge is 0.495 e. The highest BCUT2D eigenvalue weighted by Crippen LogP contribution is 2.25. The summed E-state index contributed by atoms with van der Waals surface area (Å²) in [6, 6.07) is 5.37. The maximum atomic E-state index is 11.5. The molecule has 0 saturated heterocycles. The molecule has 0 heterocycles. The van der Waals surface area contributed by atoms with Crippen molar-refractivity contribution in [3.8, 4) is 11.8 Å². The van der Waals surface area contributed by atoms with Gasteiger partial charge in [-0.1, -0.05) is 0 Å². The molecular weight excluding hydrogens is 278 g/mol. The summed E-state index contributed by atoms with van der Waals surface area (Å²) >= 11 is 0. The number of nitrogens with one attached hydrogen (secondary N) is 2. The summed E-state index contributed by atoms with van der Waals surface area (Å²) in [5.41, 5.74) is 0.599. The van der Waals surface area contributed by atoms with Gasteiger partial charge >= 0.3 is 12.0 Å². The van der Waals surface area contributed by atoms with E-state index < -0.39 is 17.9 Å². The number of nitriles is 1. The van der Waals surface area contributed by atoms with Crippen LogP contribution in [-0.2, 0) is 9.59 Å². The van der Waals surface area contributed by atoms with Gasteiger partial charge in [0.2, 0.25) is 0 Å². The van der Waals surface area contributed by atoms with Crippen molar-refractivity contribution in [2.75, 3.05) is 12.4 Å². The van der Waals surface area contributed by atoms with E-state index in [4.69, 9.17) is 15.1 Å². The zero-order chi connectivity index (χ0) is 15.8. The molecular formula is C13H11N3O5. The molecule has 0 aliphatic rings. The van der Waals surface area contributed by atoms with Crippen LogP contribution in [0.3, 0.4) is 0 Å². The van der Waals surface area contributed by atoms with E-state index in [0.29, 0.717) is 17.7 Å². The summed E-state index contributed by atoms with van der Waals surface area (Å²) < 4.78 is 5.00. The summed E-state index contributed by atoms with van der Waals surface area (Å²) in [4.78, 5) is 33.0. The molecule has 8 nitrogen and oxygen atoms in total. The molecule has 0 fully saturated rings. The molecule has 1 aromatic rings. The number of imide groups is 1. The van der Waals surface area contributed by atoms with Crippen LogP contribution in [0.4, 0.5) is 10.5 Å². The van der Waals surface area contributed by atoms with Crippen molar-refractivity contribution < 1.29 is 24.2 Å². The van der Waals surface area contributed by atoms with Crippen molar-refractivity contribution in [3.63, 3.8) is 0 Å². The number of carboxylic acids is 1. The number of hydrogen-bond acceptors (Lipinski definition) is 5. The first-order valence-corrected chi connectivity index (χ1v) is 5.57. The zero-order valence-electron chi connectivity index (χ0n) is 10.9. The molecule has 0 bridgehead atoms. The van der Waals surface area contributed by atoms with Crippen LogP contribution in [0, 0.1) is 11.3 Å². The molecule has 0 aliphatic heterocycles. The zero-order valence-corrected chi connectivity index (χ0v) is 10.9. The van der Waals surface area contributed by atoms with Crippen LogP contribution in [-0.4, -0.2) is 30.1 Å². The second kappa shape index (κ2) is 7.30. The lowest BCUT2D eigenvalue weighted by Crippen LogP contribution is -2.33. The molecule has 0 aromatic heterocycles. The molecule has 3 amide bonds. The first-order chi connectivity index (χ1) is 9.96. The Morgan fingerprint density at radius 2 is 2.05 bits per heavy atom. The quantitative estimate of drug-likeness (QED) is 0.705. The normalized spacial score (nSPS) is 9.71. The highest BCUT2D eigenvalue weighted by atomic mass is 16.5. The van der Waals surface area contributed by atoms with Crippen LogP contribution in [0.2, 0.25) is 0 Å². The number of urea groups is 1. The second-order valence-corrected chi connectivity index (χ2v) is 3.64. The lowest BCUT2D eigenvalue weighted by atomic mass is 10.2. The summed E-state index contributed by atoms with van der Waals surface area (Å²) in [7, 11) is 1.36. The molecule has 1 aromatic carbocycles. The third kappa shape index (κ3) is 5.04. The Kier molecular flexibility index (Phi) is 5.46. The Hall–Kier alpha value is -3.34. The number of carboxylic acid groups (broad SMARTS) is 1. The number of amides is 3. The summed E-state index contributed by atoms with van der Waals surface area (Å²) in [6.07, 6.45) is 1.31. The number of anilines is 1. The highest BCUT2D eigenvalue weighted by Gasteiger charge is 2.10. The van der Waals surface area contributed by atoms with Crippen molar-refractivity contribution in [1.82, 2.24) is 5.32 Å². The van der Waals surface area contributed by atoms with Crippen molar-refractivity contribution in [3.05, 3.63) is 35.9 Å². The Bertz CT molecular complexity index is 646. The van der Waals surface area contributed by atoms with Crippen LogP contribution < -0.4 is 15.4 Å². The topological polar surface area (TPSA) is 129 Å². The van der Waals surface area contributed by atoms with E-state index in [1.165, 1.54) is 25.3 Å². The van der Waals surface area contributed by atoms with Gasteiger partial charge in [0.15, 0.2) is 0 Å². The van der Waals surface area contributed by atoms with Crippen molar-refractivity contribution >= 4 is 23.6 Å². The molecule has 8 heteroatoms. The van der Waals surface area contributed by atoms with Gasteiger partial charge < -0.3 is 15.2 Å². The van der Waals surface area contributed by atoms with Gasteiger partial charge in [-0.05, 0) is 12.1 Å². The molecule has 3 N–H and O–H groups in total. The standard InChI is InChI=1S/C13H11N3O5/c1-21-10-6-8(7-14)2-3-9(10)15-13(20)16-11(17)4-5-12(18)19/h2-6H,1H3,(H,18,19)(H2,15,16,17,20)/b5-4+. The Morgan fingerprint density at radius 1 is 1.33 bits per heavy atom. The molecule has 108 valence electrons. The molecule has 0 atom stereocenters. The van der Waals surface area contributed by atoms with Gasteiger partial charge in [0.05, 0.1) is 24.4 Å². The van der Waals surface area contributed by atoms with Crippen molar-refractivity contribution in [2.45, 2.75) is 0 Å². The number of nitrogens with zero attached hydrogens (tertiary/aromatic N) is 1. The van der Waals surface area contributed by atoms with Gasteiger partial charge in [-0.2, -0.15) is 5.26 Å². The van der Waals surface area contributed by atoms with Crippen LogP contribution in [0.15, 0.2) is 30.4 Å². The first-order valence-electron chi connectivity index (χ1n) is 5.57. The lowest BCUT2D eigenvalue weighted by Gasteiger charge is -2.10. The number of methoxy groups -OCH3 is 1. The fraction of sp³-hybridized carbons (Fsp3) is 0.0769. The minimum Gasteiger partial charge on any atom is -0.495 e. The van der Waals surface area contributed by atoms with Gasteiger partial charge in [0.25, 0.3) is 5.91 Å². The lowest BCUT2D eigenvalue weighted by molar-refractivity contribution is -0.131. The average molecular weight is 289 g/mol. The molecule has 21 heavy (non-hydrogen) atoms. The van der Waals surface area contributed by atoms with Crippen LogP contribution in [0.25, 0.3) is 0 Å². The van der Waals surface area contributed by atoms with Crippen LogP contribution in [0.1, 0.15) is 5.56 Å². The van der Waals surface area contributed by atoms with Gasteiger partial charge in [0, 0.05) is 18.2 Å². The number of carbonyl (C=O) groups excluding carboxylic acids is 2. The van der Waals surface area contributed by atoms with Crippen LogP contribution >= 0.6 is 0 Å². The van der Waals surface area contributed by atoms with Gasteiger partial charge in [-0.25, -0.2) is 9.59 Å². The Labute approximate surface area is 119 Å². The predicted octanol–water partition coefficient (Wildman–Crippen LogP) is 0.856. The monoisotopic (exact) mass is 289 g/mol. The number of aliphatic carboxylic acids is 1. The second-order valence-electron chi connectivity index (χ2n) is 3.64. The average Bonchev–Trinajstić information content (AvgIpc) is 2.45. The number of rotatable bonds is 4. The SMILES string of the molecule is COc1cc(C#N)ccc1NC(=O)NC(=O)/C=C/C(=O)O. The fourth-order valence-electron chi connectivity index (χ4n) is 1.32.